The van der Waals surface area contributed by atoms with E-state index >= 15 is 0 Å². The number of carbonyl (C=O) groups is 3. The van der Waals surface area contributed by atoms with Gasteiger partial charge < -0.3 is 15.7 Å². The normalized spacial score (nSPS) is 17.9. The predicted octanol–water partition coefficient (Wildman–Crippen LogP) is -0.266. The monoisotopic (exact) mass is 297 g/mol. The molecule has 0 atom stereocenters. The number of hydrogen-bond acceptors (Lipinski definition) is 4. The minimum Gasteiger partial charge on any atom is -0.478 e. The van der Waals surface area contributed by atoms with Crippen molar-refractivity contribution in [1.29, 1.82) is 0 Å². The van der Waals surface area contributed by atoms with Gasteiger partial charge in [0, 0.05) is 37.3 Å². The van der Waals surface area contributed by atoms with Gasteiger partial charge in [-0.15, -0.1) is 0 Å². The molecule has 2 amide bonds. The molecule has 0 aliphatic carbocycles. The van der Waals surface area contributed by atoms with Crippen molar-refractivity contribution >= 4 is 17.8 Å². The summed E-state index contributed by atoms with van der Waals surface area (Å²) in [6.07, 6.45) is 1.50. The summed E-state index contributed by atoms with van der Waals surface area (Å²) in [6, 6.07) is 0.0231. The molecule has 0 aromatic rings. The van der Waals surface area contributed by atoms with E-state index < -0.39 is 5.97 Å². The fourth-order valence-corrected chi connectivity index (χ4v) is 2.14. The van der Waals surface area contributed by atoms with Gasteiger partial charge in [0.25, 0.3) is 0 Å². The molecule has 3 N–H and O–H groups in total. The summed E-state index contributed by atoms with van der Waals surface area (Å²) < 4.78 is 0. The molecule has 0 radical (unpaired) electrons. The molecule has 7 nitrogen and oxygen atoms in total. The maximum absolute atomic E-state index is 12.0. The van der Waals surface area contributed by atoms with Gasteiger partial charge in [0.05, 0.1) is 6.54 Å². The van der Waals surface area contributed by atoms with Gasteiger partial charge in [-0.05, 0) is 26.7 Å². The Morgan fingerprint density at radius 2 is 1.71 bits per heavy atom. The van der Waals surface area contributed by atoms with Crippen LogP contribution in [0.4, 0.5) is 0 Å². The number of rotatable bonds is 5. The van der Waals surface area contributed by atoms with E-state index in [0.717, 1.165) is 25.9 Å². The van der Waals surface area contributed by atoms with Crippen molar-refractivity contribution in [2.45, 2.75) is 32.7 Å². The first kappa shape index (κ1) is 17.2. The molecule has 7 heteroatoms. The number of aliphatic carboxylic acids is 1. The van der Waals surface area contributed by atoms with Crippen LogP contribution in [0.5, 0.6) is 0 Å². The number of likely N-dealkylation sites (N-methyl/N-ethyl adjacent to an activating group) is 1. The molecule has 0 aromatic carbocycles. The van der Waals surface area contributed by atoms with Gasteiger partial charge in [-0.25, -0.2) is 4.79 Å². The summed E-state index contributed by atoms with van der Waals surface area (Å²) in [5.41, 5.74) is 0.292. The highest BCUT2D eigenvalue weighted by atomic mass is 16.4. The van der Waals surface area contributed by atoms with E-state index in [2.05, 4.69) is 10.6 Å². The van der Waals surface area contributed by atoms with Crippen LogP contribution < -0.4 is 10.6 Å². The molecule has 0 unspecified atom stereocenters. The van der Waals surface area contributed by atoms with E-state index in [1.165, 1.54) is 13.8 Å². The van der Waals surface area contributed by atoms with Crippen molar-refractivity contribution < 1.29 is 19.5 Å². The summed E-state index contributed by atoms with van der Waals surface area (Å²) in [5, 5.41) is 14.3. The zero-order chi connectivity index (χ0) is 16.0. The number of nitrogens with one attached hydrogen (secondary N) is 2. The summed E-state index contributed by atoms with van der Waals surface area (Å²) in [6.45, 7) is 4.77. The first-order valence-corrected chi connectivity index (χ1v) is 6.99. The molecule has 21 heavy (non-hydrogen) atoms. The number of carboxylic acids is 1. The lowest BCUT2D eigenvalue weighted by atomic mass is 10.0. The number of piperidine rings is 1. The maximum Gasteiger partial charge on any atom is 0.331 e. The third-order valence-corrected chi connectivity index (χ3v) is 3.79. The highest BCUT2D eigenvalue weighted by Crippen LogP contribution is 2.11. The molecule has 0 saturated carbocycles. The fourth-order valence-electron chi connectivity index (χ4n) is 2.14. The van der Waals surface area contributed by atoms with Crippen molar-refractivity contribution in [2.24, 2.45) is 0 Å². The number of likely N-dealkylation sites (tertiary alicyclic amines) is 1. The van der Waals surface area contributed by atoms with Gasteiger partial charge in [-0.1, -0.05) is 0 Å². The third kappa shape index (κ3) is 5.18. The van der Waals surface area contributed by atoms with Crippen LogP contribution in [-0.2, 0) is 14.4 Å². The van der Waals surface area contributed by atoms with E-state index in [9.17, 15) is 14.4 Å². The van der Waals surface area contributed by atoms with Crippen LogP contribution in [0.1, 0.15) is 26.7 Å². The topological polar surface area (TPSA) is 98.7 Å². The summed E-state index contributed by atoms with van der Waals surface area (Å²) in [4.78, 5) is 36.1. The lowest BCUT2D eigenvalue weighted by Gasteiger charge is -2.31. The Hall–Kier alpha value is -1.89. The smallest absolute Gasteiger partial charge is 0.331 e. The molecule has 0 bridgehead atoms. The standard InChI is InChI=1S/C14H23N3O4/c1-9(10(2)14(20)21)13(19)16-11-4-6-17(7-5-11)8-12(18)15-3/h11H,4-8H2,1-3H3,(H,15,18)(H,16,19)(H,20,21). The molecule has 0 aromatic heterocycles. The van der Waals surface area contributed by atoms with Gasteiger partial charge in [0.15, 0.2) is 0 Å². The van der Waals surface area contributed by atoms with Crippen LogP contribution in [0.2, 0.25) is 0 Å². The largest absolute Gasteiger partial charge is 0.478 e. The molecule has 118 valence electrons. The lowest BCUT2D eigenvalue weighted by Crippen LogP contribution is -2.47. The Morgan fingerprint density at radius 3 is 2.19 bits per heavy atom. The number of hydrogen-bond donors (Lipinski definition) is 3. The summed E-state index contributed by atoms with van der Waals surface area (Å²) >= 11 is 0. The average molecular weight is 297 g/mol. The number of carbonyl (C=O) groups excluding carboxylic acids is 2. The number of nitrogens with zero attached hydrogens (tertiary/aromatic N) is 1. The third-order valence-electron chi connectivity index (χ3n) is 3.79. The number of amides is 2. The van der Waals surface area contributed by atoms with Gasteiger partial charge in [0.1, 0.15) is 0 Å². The summed E-state index contributed by atoms with van der Waals surface area (Å²) in [5.74, 6) is -1.43. The first-order chi connectivity index (χ1) is 9.85. The quantitative estimate of drug-likeness (QED) is 0.607. The van der Waals surface area contributed by atoms with Crippen molar-refractivity contribution in [2.75, 3.05) is 26.7 Å². The van der Waals surface area contributed by atoms with Gasteiger partial charge in [0.2, 0.25) is 11.8 Å². The second kappa shape index (κ2) is 7.78. The van der Waals surface area contributed by atoms with Gasteiger partial charge in [-0.2, -0.15) is 0 Å². The van der Waals surface area contributed by atoms with E-state index in [0.29, 0.717) is 6.54 Å². The SMILES string of the molecule is CNC(=O)CN1CCC(NC(=O)C(C)=C(C)C(=O)O)CC1. The lowest BCUT2D eigenvalue weighted by molar-refractivity contribution is -0.133. The van der Waals surface area contributed by atoms with E-state index in [1.54, 1.807) is 7.05 Å². The van der Waals surface area contributed by atoms with Crippen LogP contribution in [0.3, 0.4) is 0 Å². The maximum atomic E-state index is 12.0. The zero-order valence-electron chi connectivity index (χ0n) is 12.7. The Kier molecular flexibility index (Phi) is 6.36. The van der Waals surface area contributed by atoms with Crippen LogP contribution in [-0.4, -0.2) is 60.5 Å². The van der Waals surface area contributed by atoms with Crippen molar-refractivity contribution in [3.05, 3.63) is 11.1 Å². The second-order valence-electron chi connectivity index (χ2n) is 5.25. The molecule has 1 saturated heterocycles. The minimum absolute atomic E-state index is 0.0200. The van der Waals surface area contributed by atoms with Gasteiger partial charge in [-0.3, -0.25) is 14.5 Å². The Bertz CT molecular complexity index is 451. The number of carboxylic acid groups (broad SMARTS) is 1. The highest BCUT2D eigenvalue weighted by molar-refractivity contribution is 6.01. The summed E-state index contributed by atoms with van der Waals surface area (Å²) in [7, 11) is 1.61. The van der Waals surface area contributed by atoms with E-state index in [4.69, 9.17) is 5.11 Å². The van der Waals surface area contributed by atoms with E-state index in [-0.39, 0.29) is 29.0 Å². The molecule has 1 aliphatic heterocycles. The molecule has 1 aliphatic rings. The highest BCUT2D eigenvalue weighted by Gasteiger charge is 2.23. The van der Waals surface area contributed by atoms with Crippen LogP contribution >= 0.6 is 0 Å². The minimum atomic E-state index is -1.08. The molecular formula is C14H23N3O4. The second-order valence-corrected chi connectivity index (χ2v) is 5.25. The zero-order valence-corrected chi connectivity index (χ0v) is 12.7. The molecule has 1 rings (SSSR count). The molecule has 1 heterocycles. The van der Waals surface area contributed by atoms with Crippen molar-refractivity contribution in [3.8, 4) is 0 Å². The van der Waals surface area contributed by atoms with Gasteiger partial charge >= 0.3 is 5.97 Å². The average Bonchev–Trinajstić information content (AvgIpc) is 2.47. The fraction of sp³-hybridized carbons (Fsp3) is 0.643. The van der Waals surface area contributed by atoms with Crippen molar-refractivity contribution in [3.63, 3.8) is 0 Å². The van der Waals surface area contributed by atoms with Crippen molar-refractivity contribution in [1.82, 2.24) is 15.5 Å². The van der Waals surface area contributed by atoms with Crippen LogP contribution in [0, 0.1) is 0 Å². The molecular weight excluding hydrogens is 274 g/mol. The first-order valence-electron chi connectivity index (χ1n) is 6.99. The van der Waals surface area contributed by atoms with Crippen LogP contribution in [0.15, 0.2) is 11.1 Å². The Balaban J connectivity index is 2.46. The van der Waals surface area contributed by atoms with E-state index in [1.807, 2.05) is 4.90 Å². The molecule has 0 spiro atoms. The predicted molar refractivity (Wildman–Crippen MR) is 77.7 cm³/mol. The van der Waals surface area contributed by atoms with Crippen LogP contribution in [0.25, 0.3) is 0 Å². The molecule has 1 fully saturated rings. The Labute approximate surface area is 124 Å². The Morgan fingerprint density at radius 1 is 1.14 bits per heavy atom.